The molecule has 0 amide bonds. The number of aromatic nitrogens is 2. The van der Waals surface area contributed by atoms with Crippen LogP contribution in [0, 0.1) is 5.41 Å². The summed E-state index contributed by atoms with van der Waals surface area (Å²) in [7, 11) is -3.71. The normalized spacial score (nSPS) is 12.6. The van der Waals surface area contributed by atoms with Crippen LogP contribution in [0.25, 0.3) is 11.0 Å². The van der Waals surface area contributed by atoms with Gasteiger partial charge in [-0.1, -0.05) is 36.4 Å². The molecule has 0 spiro atoms. The molecule has 3 rings (SSSR count). The van der Waals surface area contributed by atoms with Crippen LogP contribution in [-0.2, 0) is 10.0 Å². The molecule has 0 saturated heterocycles. The quantitative estimate of drug-likeness (QED) is 0.350. The van der Waals surface area contributed by atoms with Crippen LogP contribution in [0.1, 0.15) is 25.0 Å². The van der Waals surface area contributed by atoms with Gasteiger partial charge in [-0.05, 0) is 26.0 Å². The predicted molar refractivity (Wildman–Crippen MR) is 108 cm³/mol. The molecule has 0 bridgehead atoms. The third-order valence-corrected chi connectivity index (χ3v) is 6.27. The van der Waals surface area contributed by atoms with Crippen molar-refractivity contribution < 1.29 is 8.42 Å². The second kappa shape index (κ2) is 6.84. The van der Waals surface area contributed by atoms with Crippen molar-refractivity contribution in [2.24, 2.45) is 10.9 Å². The van der Waals surface area contributed by atoms with Crippen LogP contribution in [0.15, 0.2) is 53.6 Å². The minimum absolute atomic E-state index is 0.0684. The third-order valence-electron chi connectivity index (χ3n) is 4.19. The Hall–Kier alpha value is -3.20. The van der Waals surface area contributed by atoms with Crippen molar-refractivity contribution in [3.05, 3.63) is 59.7 Å². The number of hydrazone groups is 1. The van der Waals surface area contributed by atoms with E-state index in [1.165, 1.54) is 0 Å². The average Bonchev–Trinajstić information content (AvgIpc) is 2.98. The zero-order valence-electron chi connectivity index (χ0n) is 14.9. The van der Waals surface area contributed by atoms with Gasteiger partial charge in [0.1, 0.15) is 5.71 Å². The van der Waals surface area contributed by atoms with E-state index in [1.807, 2.05) is 18.2 Å². The highest BCUT2D eigenvalue weighted by Crippen LogP contribution is 2.24. The van der Waals surface area contributed by atoms with E-state index in [9.17, 15) is 8.42 Å². The Morgan fingerprint density at radius 3 is 2.41 bits per heavy atom. The van der Waals surface area contributed by atoms with Gasteiger partial charge in [-0.2, -0.15) is 5.10 Å². The average molecular weight is 384 g/mol. The summed E-state index contributed by atoms with van der Waals surface area (Å²) in [5.41, 5.74) is 8.10. The van der Waals surface area contributed by atoms with Gasteiger partial charge in [0.25, 0.3) is 0 Å². The fourth-order valence-electron chi connectivity index (χ4n) is 2.72. The summed E-state index contributed by atoms with van der Waals surface area (Å²) in [5.74, 6) is 5.40. The Morgan fingerprint density at radius 1 is 1.15 bits per heavy atom. The number of fused-ring (bicyclic) bond motifs is 1. The topological polar surface area (TPSA) is 140 Å². The summed E-state index contributed by atoms with van der Waals surface area (Å²) >= 11 is 0. The molecule has 0 fully saturated rings. The molecule has 5 N–H and O–H groups in total. The minimum atomic E-state index is -3.71. The van der Waals surface area contributed by atoms with Crippen molar-refractivity contribution in [1.29, 1.82) is 5.41 Å². The first-order valence-electron chi connectivity index (χ1n) is 8.22. The maximum atomic E-state index is 12.7. The number of hydrogen-bond donors (Lipinski definition) is 3. The molecule has 1 aromatic heterocycles. The Labute approximate surface area is 157 Å². The molecule has 0 aliphatic rings. The fourth-order valence-corrected chi connectivity index (χ4v) is 3.87. The van der Waals surface area contributed by atoms with E-state index in [4.69, 9.17) is 17.0 Å². The van der Waals surface area contributed by atoms with Crippen molar-refractivity contribution >= 4 is 38.4 Å². The van der Waals surface area contributed by atoms with E-state index in [2.05, 4.69) is 10.1 Å². The Morgan fingerprint density at radius 2 is 1.81 bits per heavy atom. The van der Waals surface area contributed by atoms with Gasteiger partial charge in [-0.15, -0.1) is 0 Å². The van der Waals surface area contributed by atoms with Crippen LogP contribution in [0.4, 0.5) is 5.95 Å². The molecular weight excluding hydrogens is 364 g/mol. The maximum absolute atomic E-state index is 12.7. The van der Waals surface area contributed by atoms with Crippen LogP contribution in [0.2, 0.25) is 0 Å². The molecule has 0 unspecified atom stereocenters. The number of nitrogens with two attached hydrogens (primary N) is 2. The van der Waals surface area contributed by atoms with E-state index in [0.29, 0.717) is 27.9 Å². The Balaban J connectivity index is 2.16. The molecule has 8 nitrogen and oxygen atoms in total. The second-order valence-electron chi connectivity index (χ2n) is 6.25. The SMILES string of the molecule is CC(C)S(=O)(=O)n1c(N)nc2ccc(C(=N)/C(=N\N)c3ccccc3)cc21. The standard InChI is InChI=1S/C18H20N6O2S/c1-11(2)27(25,26)24-15-10-13(8-9-14(15)22-18(24)20)16(19)17(23-21)12-6-4-3-5-7-12/h3-11,19H,21H2,1-2H3,(H2,20,22)/b19-16?,23-17-. The minimum Gasteiger partial charge on any atom is -0.368 e. The van der Waals surface area contributed by atoms with Crippen LogP contribution in [0.3, 0.4) is 0 Å². The first-order chi connectivity index (χ1) is 12.8. The van der Waals surface area contributed by atoms with Gasteiger partial charge < -0.3 is 11.6 Å². The summed E-state index contributed by atoms with van der Waals surface area (Å²) in [6.45, 7) is 3.14. The fraction of sp³-hybridized carbons (Fsp3) is 0.167. The molecule has 9 heteroatoms. The Bertz CT molecular complexity index is 1150. The molecule has 27 heavy (non-hydrogen) atoms. The smallest absolute Gasteiger partial charge is 0.244 e. The summed E-state index contributed by atoms with van der Waals surface area (Å²) in [5, 5.41) is 11.6. The maximum Gasteiger partial charge on any atom is 0.244 e. The molecule has 0 saturated carbocycles. The lowest BCUT2D eigenvalue weighted by Crippen LogP contribution is -2.24. The van der Waals surface area contributed by atoms with E-state index in [-0.39, 0.29) is 11.7 Å². The van der Waals surface area contributed by atoms with Gasteiger partial charge in [-0.25, -0.2) is 17.4 Å². The van der Waals surface area contributed by atoms with Crippen LogP contribution < -0.4 is 11.6 Å². The van der Waals surface area contributed by atoms with Crippen molar-refractivity contribution in [2.45, 2.75) is 19.1 Å². The zero-order valence-corrected chi connectivity index (χ0v) is 15.7. The van der Waals surface area contributed by atoms with Crippen LogP contribution in [-0.4, -0.2) is 34.0 Å². The third kappa shape index (κ3) is 3.17. The molecule has 140 valence electrons. The van der Waals surface area contributed by atoms with Gasteiger partial charge in [-0.3, -0.25) is 5.41 Å². The van der Waals surface area contributed by atoms with Gasteiger partial charge >= 0.3 is 0 Å². The van der Waals surface area contributed by atoms with Crippen molar-refractivity contribution in [1.82, 2.24) is 8.96 Å². The number of rotatable bonds is 5. The van der Waals surface area contributed by atoms with Crippen LogP contribution in [0.5, 0.6) is 0 Å². The number of imidazole rings is 1. The highest BCUT2D eigenvalue weighted by atomic mass is 32.2. The lowest BCUT2D eigenvalue weighted by Gasteiger charge is -2.12. The highest BCUT2D eigenvalue weighted by molar-refractivity contribution is 7.90. The number of hydrogen-bond acceptors (Lipinski definition) is 7. The first-order valence-corrected chi connectivity index (χ1v) is 9.72. The lowest BCUT2D eigenvalue weighted by atomic mass is 9.99. The second-order valence-corrected chi connectivity index (χ2v) is 8.59. The van der Waals surface area contributed by atoms with Gasteiger partial charge in [0.05, 0.1) is 22.0 Å². The zero-order chi connectivity index (χ0) is 19.8. The van der Waals surface area contributed by atoms with Crippen molar-refractivity contribution in [3.63, 3.8) is 0 Å². The molecular formula is C18H20N6O2S. The molecule has 3 aromatic rings. The number of nitrogens with zero attached hydrogens (tertiary/aromatic N) is 3. The monoisotopic (exact) mass is 384 g/mol. The molecule has 1 heterocycles. The summed E-state index contributed by atoms with van der Waals surface area (Å²) in [4.78, 5) is 4.12. The van der Waals surface area contributed by atoms with E-state index in [0.717, 1.165) is 3.97 Å². The van der Waals surface area contributed by atoms with Crippen molar-refractivity contribution in [3.8, 4) is 0 Å². The molecule has 2 aromatic carbocycles. The Kier molecular flexibility index (Phi) is 4.71. The predicted octanol–water partition coefficient (Wildman–Crippen LogP) is 1.94. The number of nitrogen functional groups attached to an aromatic ring is 1. The molecule has 0 atom stereocenters. The van der Waals surface area contributed by atoms with Gasteiger partial charge in [0, 0.05) is 11.1 Å². The largest absolute Gasteiger partial charge is 0.368 e. The van der Waals surface area contributed by atoms with Crippen LogP contribution >= 0.6 is 0 Å². The highest BCUT2D eigenvalue weighted by Gasteiger charge is 2.25. The van der Waals surface area contributed by atoms with E-state index in [1.54, 1.807) is 44.2 Å². The van der Waals surface area contributed by atoms with E-state index >= 15 is 0 Å². The summed E-state index contributed by atoms with van der Waals surface area (Å²) in [6, 6.07) is 13.9. The lowest BCUT2D eigenvalue weighted by molar-refractivity contribution is 0.580. The number of benzene rings is 2. The number of anilines is 1. The number of nitrogens with one attached hydrogen (secondary N) is 1. The van der Waals surface area contributed by atoms with Crippen molar-refractivity contribution in [2.75, 3.05) is 5.73 Å². The summed E-state index contributed by atoms with van der Waals surface area (Å²) in [6.07, 6.45) is 0. The molecule has 0 aliphatic heterocycles. The van der Waals surface area contributed by atoms with Gasteiger partial charge in [0.2, 0.25) is 16.0 Å². The molecule has 0 aliphatic carbocycles. The summed E-state index contributed by atoms with van der Waals surface area (Å²) < 4.78 is 26.4. The van der Waals surface area contributed by atoms with E-state index < -0.39 is 15.3 Å². The van der Waals surface area contributed by atoms with Gasteiger partial charge in [0.15, 0.2) is 0 Å². The first kappa shape index (κ1) is 18.6. The molecule has 0 radical (unpaired) electrons.